The van der Waals surface area contributed by atoms with Gasteiger partial charge in [-0.1, -0.05) is 26.0 Å². The third kappa shape index (κ3) is 4.62. The normalized spacial score (nSPS) is 11.6. The topological polar surface area (TPSA) is 93.1 Å². The Hall–Kier alpha value is -3.43. The molecular weight excluding hydrogens is 468 g/mol. The molecule has 0 aliphatic rings. The molecule has 2 aromatic heterocycles. The lowest BCUT2D eigenvalue weighted by molar-refractivity contribution is 0.101. The summed E-state index contributed by atoms with van der Waals surface area (Å²) >= 11 is 1.20. The van der Waals surface area contributed by atoms with E-state index in [1.807, 2.05) is 17.6 Å². The minimum atomic E-state index is -3.76. The van der Waals surface area contributed by atoms with E-state index in [4.69, 9.17) is 0 Å². The van der Waals surface area contributed by atoms with E-state index in [1.54, 1.807) is 23.6 Å². The summed E-state index contributed by atoms with van der Waals surface area (Å²) in [5.74, 6) is 0.113. The van der Waals surface area contributed by atoms with Crippen molar-refractivity contribution in [3.63, 3.8) is 0 Å². The number of fused-ring (bicyclic) bond motifs is 1. The summed E-state index contributed by atoms with van der Waals surface area (Å²) in [7, 11) is -3.76. The van der Waals surface area contributed by atoms with Gasteiger partial charge in [-0.2, -0.15) is 0 Å². The quantitative estimate of drug-likeness (QED) is 0.304. The number of sulfonamides is 1. The monoisotopic (exact) mass is 494 g/mol. The highest BCUT2D eigenvalue weighted by Gasteiger charge is 2.21. The van der Waals surface area contributed by atoms with Gasteiger partial charge in [0.25, 0.3) is 15.9 Å². The number of allylic oxidation sites excluding steroid dienone is 1. The van der Waals surface area contributed by atoms with E-state index in [0.717, 1.165) is 16.5 Å². The largest absolute Gasteiger partial charge is 0.332 e. The number of anilines is 2. The molecule has 0 bridgehead atoms. The Kier molecular flexibility index (Phi) is 6.58. The Bertz CT molecular complexity index is 1450. The minimum absolute atomic E-state index is 0.0823. The van der Waals surface area contributed by atoms with Crippen LogP contribution in [0.4, 0.5) is 10.8 Å². The van der Waals surface area contributed by atoms with Gasteiger partial charge in [0.05, 0.1) is 4.90 Å². The van der Waals surface area contributed by atoms with Crippen molar-refractivity contribution < 1.29 is 13.2 Å². The van der Waals surface area contributed by atoms with Crippen molar-refractivity contribution in [3.05, 3.63) is 83.5 Å². The van der Waals surface area contributed by atoms with E-state index in [-0.39, 0.29) is 10.8 Å². The van der Waals surface area contributed by atoms with Crippen LogP contribution in [0, 0.1) is 6.92 Å². The van der Waals surface area contributed by atoms with E-state index in [0.29, 0.717) is 29.0 Å². The number of carbonyl (C=O) groups excluding carboxylic acids is 1. The van der Waals surface area contributed by atoms with Gasteiger partial charge in [-0.15, -0.1) is 17.9 Å². The molecule has 0 atom stereocenters. The average Bonchev–Trinajstić information content (AvgIpc) is 3.40. The third-order valence-corrected chi connectivity index (χ3v) is 7.78. The van der Waals surface area contributed by atoms with Crippen molar-refractivity contribution in [2.24, 2.45) is 0 Å². The van der Waals surface area contributed by atoms with Crippen LogP contribution in [0.2, 0.25) is 0 Å². The molecule has 1 amide bonds. The Labute approximate surface area is 203 Å². The fourth-order valence-corrected chi connectivity index (χ4v) is 5.65. The van der Waals surface area contributed by atoms with E-state index < -0.39 is 10.0 Å². The molecule has 0 radical (unpaired) electrons. The average molecular weight is 495 g/mol. The zero-order valence-electron chi connectivity index (χ0n) is 19.2. The summed E-state index contributed by atoms with van der Waals surface area (Å²) in [4.78, 5) is 17.3. The number of amides is 1. The molecule has 0 saturated heterocycles. The lowest BCUT2D eigenvalue weighted by Gasteiger charge is -2.11. The number of nitrogens with zero attached hydrogens (tertiary/aromatic N) is 2. The van der Waals surface area contributed by atoms with Crippen molar-refractivity contribution >= 4 is 49.0 Å². The summed E-state index contributed by atoms with van der Waals surface area (Å²) in [5, 5.41) is 5.92. The molecule has 0 aliphatic heterocycles. The van der Waals surface area contributed by atoms with Crippen LogP contribution < -0.4 is 10.0 Å². The molecule has 2 heterocycles. The van der Waals surface area contributed by atoms with E-state index in [2.05, 4.69) is 47.6 Å². The first-order chi connectivity index (χ1) is 16.2. The molecule has 4 aromatic rings. The zero-order chi connectivity index (χ0) is 24.5. The highest BCUT2D eigenvalue weighted by Crippen LogP contribution is 2.30. The Morgan fingerprint density at radius 3 is 2.56 bits per heavy atom. The predicted molar refractivity (Wildman–Crippen MR) is 138 cm³/mol. The Balaban J connectivity index is 1.62. The van der Waals surface area contributed by atoms with Gasteiger partial charge in [0.1, 0.15) is 5.69 Å². The number of benzene rings is 2. The number of hydrogen-bond acceptors (Lipinski definition) is 5. The molecule has 0 fully saturated rings. The van der Waals surface area contributed by atoms with E-state index in [1.165, 1.54) is 35.2 Å². The van der Waals surface area contributed by atoms with Crippen molar-refractivity contribution in [1.29, 1.82) is 0 Å². The van der Waals surface area contributed by atoms with E-state index in [9.17, 15) is 13.2 Å². The van der Waals surface area contributed by atoms with Gasteiger partial charge in [0, 0.05) is 34.7 Å². The number of hydrogen-bond donors (Lipinski definition) is 2. The van der Waals surface area contributed by atoms with Crippen molar-refractivity contribution in [1.82, 2.24) is 9.55 Å². The number of thiazole rings is 1. The molecule has 0 spiro atoms. The van der Waals surface area contributed by atoms with Crippen molar-refractivity contribution in [2.75, 3.05) is 10.0 Å². The predicted octanol–water partition coefficient (Wildman–Crippen LogP) is 5.77. The molecular formula is C25H26N4O3S2. The van der Waals surface area contributed by atoms with Crippen LogP contribution in [0.15, 0.2) is 71.6 Å². The van der Waals surface area contributed by atoms with Gasteiger partial charge in [-0.05, 0) is 60.4 Å². The molecule has 7 nitrogen and oxygen atoms in total. The summed E-state index contributed by atoms with van der Waals surface area (Å²) in [6, 6.07) is 12.3. The van der Waals surface area contributed by atoms with Crippen LogP contribution in [0.25, 0.3) is 10.9 Å². The SMILES string of the molecule is C=CCn1c(C(=O)Nc2ccc(S(=O)(=O)Nc3nccs3)cc2)c(C)c2cc(C(C)C)ccc21. The van der Waals surface area contributed by atoms with Crippen LogP contribution in [0.3, 0.4) is 0 Å². The molecule has 4 rings (SSSR count). The fraction of sp³-hybridized carbons (Fsp3) is 0.200. The number of aryl methyl sites for hydroxylation is 1. The van der Waals surface area contributed by atoms with Crippen LogP contribution in [0.1, 0.15) is 41.4 Å². The molecule has 176 valence electrons. The first-order valence-corrected chi connectivity index (χ1v) is 13.1. The molecule has 9 heteroatoms. The van der Waals surface area contributed by atoms with Crippen molar-refractivity contribution in [3.8, 4) is 0 Å². The van der Waals surface area contributed by atoms with Gasteiger partial charge in [0.2, 0.25) is 0 Å². The number of carbonyl (C=O) groups is 1. The standard InChI is InChI=1S/C25H26N4O3S2/c1-5-13-29-22-11-6-18(16(2)3)15-21(22)17(4)23(29)24(30)27-19-7-9-20(10-8-19)34(31,32)28-25-26-12-14-33-25/h5-12,14-16H,1,13H2,2-4H3,(H,26,28)(H,27,30). The van der Waals surface area contributed by atoms with Crippen molar-refractivity contribution in [2.45, 2.75) is 38.1 Å². The number of aromatic nitrogens is 2. The summed E-state index contributed by atoms with van der Waals surface area (Å²) in [6.45, 7) is 10.6. The lowest BCUT2D eigenvalue weighted by Crippen LogP contribution is -2.18. The minimum Gasteiger partial charge on any atom is -0.332 e. The summed E-state index contributed by atoms with van der Waals surface area (Å²) in [5.41, 5.74) is 4.13. The maximum atomic E-state index is 13.3. The second-order valence-electron chi connectivity index (χ2n) is 8.23. The van der Waals surface area contributed by atoms with Gasteiger partial charge < -0.3 is 9.88 Å². The van der Waals surface area contributed by atoms with Gasteiger partial charge >= 0.3 is 0 Å². The molecule has 2 aromatic carbocycles. The first kappa shape index (κ1) is 23.7. The zero-order valence-corrected chi connectivity index (χ0v) is 20.8. The summed E-state index contributed by atoms with van der Waals surface area (Å²) in [6.07, 6.45) is 3.29. The number of nitrogens with one attached hydrogen (secondary N) is 2. The van der Waals surface area contributed by atoms with Crippen LogP contribution in [0.5, 0.6) is 0 Å². The van der Waals surface area contributed by atoms with E-state index >= 15 is 0 Å². The maximum Gasteiger partial charge on any atom is 0.272 e. The second kappa shape index (κ2) is 9.44. The number of rotatable bonds is 8. The molecule has 0 unspecified atom stereocenters. The van der Waals surface area contributed by atoms with Gasteiger partial charge in [-0.25, -0.2) is 13.4 Å². The third-order valence-electron chi connectivity index (χ3n) is 5.61. The van der Waals surface area contributed by atoms with Crippen LogP contribution in [-0.4, -0.2) is 23.9 Å². The first-order valence-electron chi connectivity index (χ1n) is 10.8. The fourth-order valence-electron chi connectivity index (χ4n) is 3.87. The van der Waals surface area contributed by atoms with Crippen LogP contribution >= 0.6 is 11.3 Å². The second-order valence-corrected chi connectivity index (χ2v) is 10.8. The van der Waals surface area contributed by atoms with Gasteiger partial charge in [-0.3, -0.25) is 9.52 Å². The molecule has 0 aliphatic carbocycles. The molecule has 2 N–H and O–H groups in total. The molecule has 34 heavy (non-hydrogen) atoms. The smallest absolute Gasteiger partial charge is 0.272 e. The maximum absolute atomic E-state index is 13.3. The summed E-state index contributed by atoms with van der Waals surface area (Å²) < 4.78 is 29.5. The highest BCUT2D eigenvalue weighted by molar-refractivity contribution is 7.93. The highest BCUT2D eigenvalue weighted by atomic mass is 32.2. The van der Waals surface area contributed by atoms with Crippen LogP contribution in [-0.2, 0) is 16.6 Å². The Morgan fingerprint density at radius 1 is 1.21 bits per heavy atom. The molecule has 0 saturated carbocycles. The Morgan fingerprint density at radius 2 is 1.94 bits per heavy atom. The van der Waals surface area contributed by atoms with Gasteiger partial charge in [0.15, 0.2) is 5.13 Å². The lowest BCUT2D eigenvalue weighted by atomic mass is 10.0.